The van der Waals surface area contributed by atoms with Gasteiger partial charge in [0, 0.05) is 11.5 Å². The molecule has 0 fully saturated rings. The molecular formula is C18H26O4S2. The van der Waals surface area contributed by atoms with Crippen molar-refractivity contribution in [1.82, 2.24) is 0 Å². The number of carbonyl (C=O) groups is 2. The molecule has 6 heteroatoms. The van der Waals surface area contributed by atoms with E-state index >= 15 is 0 Å². The van der Waals surface area contributed by atoms with Crippen LogP contribution in [0.2, 0.25) is 0 Å². The lowest BCUT2D eigenvalue weighted by atomic mass is 10.2. The highest BCUT2D eigenvalue weighted by Crippen LogP contribution is 2.46. The fourth-order valence-electron chi connectivity index (χ4n) is 2.07. The van der Waals surface area contributed by atoms with Crippen molar-refractivity contribution in [3.8, 4) is 0 Å². The molecule has 0 amide bonds. The van der Waals surface area contributed by atoms with E-state index in [4.69, 9.17) is 9.47 Å². The number of thioether (sulfide) groups is 2. The summed E-state index contributed by atoms with van der Waals surface area (Å²) in [5, 5.41) is 0. The predicted octanol–water partition coefficient (Wildman–Crippen LogP) is 4.23. The third kappa shape index (κ3) is 7.62. The van der Waals surface area contributed by atoms with Gasteiger partial charge in [0.2, 0.25) is 0 Å². The van der Waals surface area contributed by atoms with Crippen molar-refractivity contribution in [2.75, 3.05) is 24.7 Å². The van der Waals surface area contributed by atoms with Crippen LogP contribution < -0.4 is 0 Å². The summed E-state index contributed by atoms with van der Waals surface area (Å²) in [4.78, 5) is 23.1. The Bertz CT molecular complexity index is 481. The summed E-state index contributed by atoms with van der Waals surface area (Å²) in [6.45, 7) is 6.57. The van der Waals surface area contributed by atoms with E-state index in [0.29, 0.717) is 37.6 Å². The van der Waals surface area contributed by atoms with Gasteiger partial charge >= 0.3 is 11.9 Å². The van der Waals surface area contributed by atoms with Crippen molar-refractivity contribution in [2.24, 2.45) is 0 Å². The van der Waals surface area contributed by atoms with Gasteiger partial charge in [0.05, 0.1) is 30.1 Å². The highest BCUT2D eigenvalue weighted by molar-refractivity contribution is 8.17. The smallest absolute Gasteiger partial charge is 0.306 e. The number of hydrogen-bond donors (Lipinski definition) is 0. The number of esters is 2. The third-order valence-corrected chi connectivity index (χ3v) is 6.37. The average Bonchev–Trinajstić information content (AvgIpc) is 2.56. The Labute approximate surface area is 153 Å². The molecule has 0 spiro atoms. The van der Waals surface area contributed by atoms with Crippen LogP contribution in [0.5, 0.6) is 0 Å². The van der Waals surface area contributed by atoms with E-state index in [9.17, 15) is 9.59 Å². The minimum atomic E-state index is -0.222. The second kappa shape index (κ2) is 11.4. The summed E-state index contributed by atoms with van der Waals surface area (Å²) in [5.74, 6) is 1.02. The van der Waals surface area contributed by atoms with Crippen LogP contribution in [0.3, 0.4) is 0 Å². The fraction of sp³-hybridized carbons (Fsp3) is 0.556. The van der Waals surface area contributed by atoms with Crippen molar-refractivity contribution in [2.45, 2.75) is 37.7 Å². The first-order valence-corrected chi connectivity index (χ1v) is 10.1. The van der Waals surface area contributed by atoms with Crippen molar-refractivity contribution >= 4 is 35.5 Å². The Morgan fingerprint density at radius 3 is 1.79 bits per heavy atom. The molecule has 1 aromatic carbocycles. The molecule has 1 aromatic rings. The van der Waals surface area contributed by atoms with Gasteiger partial charge in [-0.05, 0) is 26.3 Å². The van der Waals surface area contributed by atoms with Gasteiger partial charge in [-0.25, -0.2) is 0 Å². The molecule has 0 aliphatic heterocycles. The first-order valence-electron chi connectivity index (χ1n) is 8.16. The molecular weight excluding hydrogens is 344 g/mol. The molecule has 0 N–H and O–H groups in total. The van der Waals surface area contributed by atoms with E-state index in [1.165, 1.54) is 5.56 Å². The summed E-state index contributed by atoms with van der Waals surface area (Å²) >= 11 is 3.41. The van der Waals surface area contributed by atoms with Crippen LogP contribution in [0.15, 0.2) is 30.3 Å². The summed E-state index contributed by atoms with van der Waals surface area (Å²) < 4.78 is 9.74. The quantitative estimate of drug-likeness (QED) is 0.429. The highest BCUT2D eigenvalue weighted by atomic mass is 32.2. The van der Waals surface area contributed by atoms with Gasteiger partial charge in [0.25, 0.3) is 0 Å². The fourth-order valence-corrected chi connectivity index (χ4v) is 4.83. The van der Waals surface area contributed by atoms with Gasteiger partial charge in [-0.15, -0.1) is 23.5 Å². The minimum Gasteiger partial charge on any atom is -0.466 e. The van der Waals surface area contributed by atoms with Crippen molar-refractivity contribution < 1.29 is 19.1 Å². The van der Waals surface area contributed by atoms with Crippen LogP contribution in [-0.2, 0) is 23.1 Å². The predicted molar refractivity (Wildman–Crippen MR) is 101 cm³/mol. The first kappa shape index (κ1) is 20.9. The second-order valence-electron chi connectivity index (χ2n) is 5.12. The topological polar surface area (TPSA) is 52.6 Å². The van der Waals surface area contributed by atoms with Gasteiger partial charge in [0.15, 0.2) is 0 Å². The van der Waals surface area contributed by atoms with Gasteiger partial charge in [-0.2, -0.15) is 0 Å². The molecule has 1 rings (SSSR count). The van der Waals surface area contributed by atoms with Crippen molar-refractivity contribution in [3.05, 3.63) is 35.9 Å². The standard InChI is InChI=1S/C18H26O4S2/c1-4-21-16(19)11-13-23-18(3,15-9-7-6-8-10-15)24-14-12-17(20)22-5-2/h6-10H,4-5,11-14H2,1-3H3. The molecule has 0 bridgehead atoms. The highest BCUT2D eigenvalue weighted by Gasteiger charge is 2.28. The maximum Gasteiger partial charge on any atom is 0.306 e. The molecule has 24 heavy (non-hydrogen) atoms. The second-order valence-corrected chi connectivity index (χ2v) is 8.40. The molecule has 0 saturated carbocycles. The van der Waals surface area contributed by atoms with Gasteiger partial charge in [-0.3, -0.25) is 9.59 Å². The lowest BCUT2D eigenvalue weighted by Crippen LogP contribution is -2.17. The van der Waals surface area contributed by atoms with Crippen LogP contribution >= 0.6 is 23.5 Å². The molecule has 0 radical (unpaired) electrons. The monoisotopic (exact) mass is 370 g/mol. The molecule has 0 saturated heterocycles. The van der Waals surface area contributed by atoms with E-state index in [-0.39, 0.29) is 16.0 Å². The zero-order valence-electron chi connectivity index (χ0n) is 14.6. The van der Waals surface area contributed by atoms with Gasteiger partial charge in [-0.1, -0.05) is 30.3 Å². The van der Waals surface area contributed by atoms with Crippen LogP contribution in [-0.4, -0.2) is 36.7 Å². The zero-order chi connectivity index (χ0) is 17.8. The zero-order valence-corrected chi connectivity index (χ0v) is 16.2. The first-order chi connectivity index (χ1) is 11.5. The summed E-state index contributed by atoms with van der Waals surface area (Å²) in [5.41, 5.74) is 1.17. The number of hydrogen-bond acceptors (Lipinski definition) is 6. The average molecular weight is 371 g/mol. The number of rotatable bonds is 11. The number of benzene rings is 1. The Hall–Kier alpha value is -1.14. The van der Waals surface area contributed by atoms with Gasteiger partial charge < -0.3 is 9.47 Å². The molecule has 134 valence electrons. The maximum atomic E-state index is 11.5. The van der Waals surface area contributed by atoms with E-state index in [1.54, 1.807) is 23.5 Å². The summed E-state index contributed by atoms with van der Waals surface area (Å²) in [7, 11) is 0. The van der Waals surface area contributed by atoms with Gasteiger partial charge in [0.1, 0.15) is 0 Å². The molecule has 0 aliphatic carbocycles. The Morgan fingerprint density at radius 2 is 1.38 bits per heavy atom. The van der Waals surface area contributed by atoms with E-state index in [1.807, 2.05) is 32.0 Å². The Morgan fingerprint density at radius 1 is 0.917 bits per heavy atom. The molecule has 0 aromatic heterocycles. The third-order valence-electron chi connectivity index (χ3n) is 3.28. The summed E-state index contributed by atoms with van der Waals surface area (Å²) in [6.07, 6.45) is 0.777. The van der Waals surface area contributed by atoms with Crippen LogP contribution in [0.4, 0.5) is 0 Å². The van der Waals surface area contributed by atoms with E-state index < -0.39 is 0 Å². The lowest BCUT2D eigenvalue weighted by Gasteiger charge is -2.29. The van der Waals surface area contributed by atoms with E-state index in [2.05, 4.69) is 19.1 Å². The lowest BCUT2D eigenvalue weighted by molar-refractivity contribution is -0.143. The molecule has 4 nitrogen and oxygen atoms in total. The maximum absolute atomic E-state index is 11.5. The normalized spacial score (nSPS) is 11.1. The summed E-state index contributed by atoms with van der Waals surface area (Å²) in [6, 6.07) is 10.1. The van der Waals surface area contributed by atoms with Crippen LogP contribution in [0.1, 0.15) is 39.2 Å². The van der Waals surface area contributed by atoms with E-state index in [0.717, 1.165) is 0 Å². The molecule has 0 unspecified atom stereocenters. The SMILES string of the molecule is CCOC(=O)CCSC(C)(SCCC(=O)OCC)c1ccccc1. The Kier molecular flexibility index (Phi) is 9.95. The molecule has 0 heterocycles. The number of ether oxygens (including phenoxy) is 2. The molecule has 0 atom stereocenters. The minimum absolute atomic E-state index is 0.170. The van der Waals surface area contributed by atoms with Crippen LogP contribution in [0, 0.1) is 0 Å². The number of carbonyl (C=O) groups excluding carboxylic acids is 2. The largest absolute Gasteiger partial charge is 0.466 e. The molecule has 0 aliphatic rings. The van der Waals surface area contributed by atoms with Crippen molar-refractivity contribution in [3.63, 3.8) is 0 Å². The van der Waals surface area contributed by atoms with Crippen LogP contribution in [0.25, 0.3) is 0 Å². The van der Waals surface area contributed by atoms with Crippen molar-refractivity contribution in [1.29, 1.82) is 0 Å². The Balaban J connectivity index is 2.63.